The van der Waals surface area contributed by atoms with Gasteiger partial charge in [0.25, 0.3) is 0 Å². The molecular formula is C8H19NOP2. The zero-order valence-electron chi connectivity index (χ0n) is 8.27. The lowest BCUT2D eigenvalue weighted by molar-refractivity contribution is -0.122. The quantitative estimate of drug-likeness (QED) is 0.696. The minimum absolute atomic E-state index is 0.0722. The van der Waals surface area contributed by atoms with Gasteiger partial charge in [-0.2, -0.15) is 0 Å². The number of carbonyl (C=O) groups excluding carboxylic acids is 1. The van der Waals surface area contributed by atoms with Crippen molar-refractivity contribution >= 4 is 24.4 Å². The zero-order chi connectivity index (χ0) is 9.99. The molecule has 0 aromatic carbocycles. The minimum atomic E-state index is -0.365. The molecule has 12 heavy (non-hydrogen) atoms. The van der Waals surface area contributed by atoms with Crippen LogP contribution in [0, 0.1) is 0 Å². The second-order valence-corrected chi connectivity index (χ2v) is 7.40. The molecule has 0 spiro atoms. The largest absolute Gasteiger partial charge is 0.354 e. The fourth-order valence-electron chi connectivity index (χ4n) is 0.536. The highest BCUT2D eigenvalue weighted by molar-refractivity contribution is 7.20. The Morgan fingerprint density at radius 3 is 1.92 bits per heavy atom. The molecule has 0 aromatic rings. The molecule has 0 aliphatic heterocycles. The van der Waals surface area contributed by atoms with Crippen LogP contribution in [0.5, 0.6) is 0 Å². The van der Waals surface area contributed by atoms with E-state index in [-0.39, 0.29) is 16.2 Å². The summed E-state index contributed by atoms with van der Waals surface area (Å²) in [6, 6.07) is 0. The summed E-state index contributed by atoms with van der Waals surface area (Å²) in [7, 11) is 5.23. The number of hydrogen-bond donors (Lipinski definition) is 1. The predicted octanol–water partition coefficient (Wildman–Crippen LogP) is 1.41. The molecule has 0 aromatic heterocycles. The summed E-state index contributed by atoms with van der Waals surface area (Å²) < 4.78 is 0. The van der Waals surface area contributed by atoms with Crippen molar-refractivity contribution in [2.45, 2.75) is 38.0 Å². The lowest BCUT2D eigenvalue weighted by atomic mass is 10.1. The third-order valence-corrected chi connectivity index (χ3v) is 1.76. The van der Waals surface area contributed by atoms with Gasteiger partial charge in [-0.05, 0) is 19.0 Å². The molecule has 0 heterocycles. The van der Waals surface area contributed by atoms with Crippen LogP contribution < -0.4 is 5.32 Å². The van der Waals surface area contributed by atoms with Crippen molar-refractivity contribution in [3.8, 4) is 0 Å². The summed E-state index contributed by atoms with van der Waals surface area (Å²) in [6.45, 7) is 8.57. The zero-order valence-corrected chi connectivity index (χ0v) is 10.6. The van der Waals surface area contributed by atoms with Crippen molar-refractivity contribution in [3.63, 3.8) is 0 Å². The molecule has 1 amide bonds. The highest BCUT2D eigenvalue weighted by Crippen LogP contribution is 2.18. The molecule has 0 bridgehead atoms. The average Bonchev–Trinajstić information content (AvgIpc) is 1.78. The third kappa shape index (κ3) is 5.91. The van der Waals surface area contributed by atoms with Crippen molar-refractivity contribution in [2.75, 3.05) is 6.54 Å². The van der Waals surface area contributed by atoms with Crippen molar-refractivity contribution in [1.82, 2.24) is 5.32 Å². The Labute approximate surface area is 79.7 Å². The normalized spacial score (nSPS) is 12.8. The van der Waals surface area contributed by atoms with Crippen LogP contribution in [0.3, 0.4) is 0 Å². The van der Waals surface area contributed by atoms with Crippen LogP contribution in [-0.4, -0.2) is 22.8 Å². The molecule has 0 rings (SSSR count). The first-order chi connectivity index (χ1) is 5.13. The molecule has 2 atom stereocenters. The Kier molecular flexibility index (Phi) is 4.14. The molecule has 0 fully saturated rings. The maximum absolute atomic E-state index is 11.4. The Hall–Kier alpha value is 0.330. The van der Waals surface area contributed by atoms with Gasteiger partial charge in [-0.1, -0.05) is 13.8 Å². The van der Waals surface area contributed by atoms with E-state index in [0.717, 1.165) is 0 Å². The molecule has 0 radical (unpaired) electrons. The Morgan fingerprint density at radius 2 is 1.67 bits per heavy atom. The van der Waals surface area contributed by atoms with Gasteiger partial charge in [-0.25, -0.2) is 0 Å². The monoisotopic (exact) mass is 207 g/mol. The van der Waals surface area contributed by atoms with Crippen LogP contribution in [0.4, 0.5) is 0 Å². The topological polar surface area (TPSA) is 29.1 Å². The fourth-order valence-corrected chi connectivity index (χ4v) is 0.740. The molecule has 72 valence electrons. The molecule has 4 heteroatoms. The van der Waals surface area contributed by atoms with Crippen LogP contribution in [0.15, 0.2) is 0 Å². The second kappa shape index (κ2) is 4.03. The lowest BCUT2D eigenvalue weighted by Crippen LogP contribution is -2.42. The molecular weight excluding hydrogens is 188 g/mol. The highest BCUT2D eigenvalue weighted by atomic mass is 31.0. The van der Waals surface area contributed by atoms with E-state index in [1.54, 1.807) is 0 Å². The molecule has 0 saturated carbocycles. The van der Waals surface area contributed by atoms with Gasteiger partial charge in [-0.3, -0.25) is 4.79 Å². The summed E-state index contributed by atoms with van der Waals surface area (Å²) in [6.07, 6.45) is 0. The minimum Gasteiger partial charge on any atom is -0.354 e. The number of carbonyl (C=O) groups is 1. The Bertz CT molecular complexity index is 167. The lowest BCUT2D eigenvalue weighted by Gasteiger charge is -2.23. The summed E-state index contributed by atoms with van der Waals surface area (Å²) >= 11 is 0. The Morgan fingerprint density at radius 1 is 1.25 bits per heavy atom. The van der Waals surface area contributed by atoms with Gasteiger partial charge in [0.05, 0.1) is 5.16 Å². The molecule has 0 saturated heterocycles. The average molecular weight is 207 g/mol. The molecule has 0 aliphatic rings. The second-order valence-electron chi connectivity index (χ2n) is 4.39. The maximum atomic E-state index is 11.4. The molecule has 0 aliphatic carbocycles. The van der Waals surface area contributed by atoms with Crippen molar-refractivity contribution < 1.29 is 4.79 Å². The van der Waals surface area contributed by atoms with E-state index < -0.39 is 0 Å². The van der Waals surface area contributed by atoms with E-state index >= 15 is 0 Å². The van der Waals surface area contributed by atoms with E-state index in [0.29, 0.717) is 6.54 Å². The summed E-state index contributed by atoms with van der Waals surface area (Å²) in [5.74, 6) is 0.0722. The number of nitrogens with one attached hydrogen (secondary N) is 1. The summed E-state index contributed by atoms with van der Waals surface area (Å²) in [4.78, 5) is 11.4. The molecule has 2 unspecified atom stereocenters. The van der Waals surface area contributed by atoms with Gasteiger partial charge in [0, 0.05) is 6.54 Å². The van der Waals surface area contributed by atoms with Gasteiger partial charge in [-0.15, -0.1) is 18.5 Å². The number of hydrogen-bond acceptors (Lipinski definition) is 1. The smallest absolute Gasteiger partial charge is 0.229 e. The van der Waals surface area contributed by atoms with Gasteiger partial charge < -0.3 is 5.32 Å². The van der Waals surface area contributed by atoms with Gasteiger partial charge in [0.15, 0.2) is 0 Å². The summed E-state index contributed by atoms with van der Waals surface area (Å²) in [5, 5.41) is 2.59. The third-order valence-electron chi connectivity index (χ3n) is 1.29. The first kappa shape index (κ1) is 12.3. The van der Waals surface area contributed by atoms with E-state index in [2.05, 4.69) is 37.6 Å². The van der Waals surface area contributed by atoms with E-state index in [9.17, 15) is 4.79 Å². The van der Waals surface area contributed by atoms with Crippen molar-refractivity contribution in [2.24, 2.45) is 0 Å². The van der Waals surface area contributed by atoms with E-state index in [1.165, 1.54) is 0 Å². The van der Waals surface area contributed by atoms with E-state index in [1.807, 2.05) is 13.8 Å². The molecule has 1 N–H and O–H groups in total. The van der Waals surface area contributed by atoms with Crippen LogP contribution >= 0.6 is 18.5 Å². The van der Waals surface area contributed by atoms with Crippen molar-refractivity contribution in [1.29, 1.82) is 0 Å². The van der Waals surface area contributed by atoms with Gasteiger partial charge in [0.2, 0.25) is 5.91 Å². The number of amides is 1. The highest BCUT2D eigenvalue weighted by Gasteiger charge is 2.22. The van der Waals surface area contributed by atoms with Crippen LogP contribution in [0.2, 0.25) is 0 Å². The first-order valence-electron chi connectivity index (χ1n) is 3.99. The predicted molar refractivity (Wildman–Crippen MR) is 60.6 cm³/mol. The summed E-state index contributed by atoms with van der Waals surface area (Å²) in [5.41, 5.74) is 0. The fraction of sp³-hybridized carbons (Fsp3) is 0.875. The van der Waals surface area contributed by atoms with E-state index in [4.69, 9.17) is 0 Å². The standard InChI is InChI=1S/C8H19NOP2/c1-7(2,11)5-9-6(10)8(3,4)12/h5,11-12H2,1-4H3,(H,9,10). The number of rotatable bonds is 3. The van der Waals surface area contributed by atoms with Gasteiger partial charge in [0.1, 0.15) is 0 Å². The maximum Gasteiger partial charge on any atom is 0.229 e. The van der Waals surface area contributed by atoms with Crippen molar-refractivity contribution in [3.05, 3.63) is 0 Å². The first-order valence-corrected chi connectivity index (χ1v) is 5.14. The molecule has 2 nitrogen and oxygen atoms in total. The SMILES string of the molecule is CC(C)(P)CNC(=O)C(C)(C)P. The Balaban J connectivity index is 3.90. The van der Waals surface area contributed by atoms with Gasteiger partial charge >= 0.3 is 0 Å². The van der Waals surface area contributed by atoms with Crippen LogP contribution in [0.25, 0.3) is 0 Å². The van der Waals surface area contributed by atoms with Crippen LogP contribution in [0.1, 0.15) is 27.7 Å². The van der Waals surface area contributed by atoms with Crippen LogP contribution in [-0.2, 0) is 4.79 Å².